The third kappa shape index (κ3) is 5.57. The number of rotatable bonds is 7. The summed E-state index contributed by atoms with van der Waals surface area (Å²) in [6.07, 6.45) is 8.67. The molecule has 3 aliphatic rings. The second-order valence-electron chi connectivity index (χ2n) is 8.21. The molecular formula is C23H30N2O6. The van der Waals surface area contributed by atoms with Gasteiger partial charge in [-0.2, -0.15) is 0 Å². The number of carbonyl (C=O) groups is 2. The molecule has 1 aliphatic carbocycles. The van der Waals surface area contributed by atoms with Crippen molar-refractivity contribution in [2.75, 3.05) is 46.2 Å². The molecule has 2 heterocycles. The molecule has 1 saturated heterocycles. The van der Waals surface area contributed by atoms with Gasteiger partial charge in [0, 0.05) is 31.2 Å². The molecule has 1 amide bonds. The van der Waals surface area contributed by atoms with E-state index in [0.717, 1.165) is 44.7 Å². The normalized spacial score (nSPS) is 20.5. The van der Waals surface area contributed by atoms with E-state index in [-0.39, 0.29) is 24.8 Å². The van der Waals surface area contributed by atoms with Gasteiger partial charge in [-0.05, 0) is 36.6 Å². The first-order chi connectivity index (χ1) is 15.1. The molecule has 1 N–H and O–H groups in total. The fourth-order valence-electron chi connectivity index (χ4n) is 4.53. The maximum absolute atomic E-state index is 12.3. The van der Waals surface area contributed by atoms with Gasteiger partial charge in [0.05, 0.1) is 13.2 Å². The van der Waals surface area contributed by atoms with Crippen molar-refractivity contribution in [1.29, 1.82) is 0 Å². The summed E-state index contributed by atoms with van der Waals surface area (Å²) in [6, 6.07) is 5.39. The van der Waals surface area contributed by atoms with Gasteiger partial charge in [0.2, 0.25) is 6.79 Å². The van der Waals surface area contributed by atoms with E-state index in [1.165, 1.54) is 25.3 Å². The highest BCUT2D eigenvalue weighted by Gasteiger charge is 2.38. The first-order valence-corrected chi connectivity index (χ1v) is 11.0. The minimum absolute atomic E-state index is 0.0129. The first kappa shape index (κ1) is 21.6. The fourth-order valence-corrected chi connectivity index (χ4v) is 4.53. The number of nitrogens with one attached hydrogen (secondary N) is 1. The van der Waals surface area contributed by atoms with Crippen LogP contribution < -0.4 is 14.8 Å². The van der Waals surface area contributed by atoms with E-state index < -0.39 is 5.97 Å². The summed E-state index contributed by atoms with van der Waals surface area (Å²) < 4.78 is 21.2. The average molecular weight is 431 g/mol. The molecular weight excluding hydrogens is 400 g/mol. The topological polar surface area (TPSA) is 86.3 Å². The number of hydrogen-bond acceptors (Lipinski definition) is 7. The van der Waals surface area contributed by atoms with E-state index in [1.807, 2.05) is 6.07 Å². The largest absolute Gasteiger partial charge is 0.454 e. The maximum Gasteiger partial charge on any atom is 0.331 e. The van der Waals surface area contributed by atoms with Gasteiger partial charge in [0.15, 0.2) is 18.1 Å². The zero-order valence-electron chi connectivity index (χ0n) is 17.8. The van der Waals surface area contributed by atoms with Crippen LogP contribution in [0.15, 0.2) is 24.3 Å². The highest BCUT2D eigenvalue weighted by atomic mass is 16.7. The van der Waals surface area contributed by atoms with Crippen molar-refractivity contribution in [2.45, 2.75) is 37.6 Å². The summed E-state index contributed by atoms with van der Waals surface area (Å²) in [5.41, 5.74) is 0.774. The second-order valence-corrected chi connectivity index (χ2v) is 8.21. The Morgan fingerprint density at radius 2 is 1.87 bits per heavy atom. The van der Waals surface area contributed by atoms with E-state index in [2.05, 4.69) is 10.2 Å². The van der Waals surface area contributed by atoms with Gasteiger partial charge >= 0.3 is 5.97 Å². The van der Waals surface area contributed by atoms with Gasteiger partial charge in [0.25, 0.3) is 5.91 Å². The summed E-state index contributed by atoms with van der Waals surface area (Å²) in [7, 11) is 0. The number of fused-ring (bicyclic) bond motifs is 1. The lowest BCUT2D eigenvalue weighted by Crippen LogP contribution is -2.59. The van der Waals surface area contributed by atoms with Crippen LogP contribution in [0.4, 0.5) is 0 Å². The van der Waals surface area contributed by atoms with Gasteiger partial charge in [-0.15, -0.1) is 0 Å². The highest BCUT2D eigenvalue weighted by molar-refractivity contribution is 5.89. The Labute approximate surface area is 182 Å². The van der Waals surface area contributed by atoms with Crippen LogP contribution in [0.2, 0.25) is 0 Å². The lowest BCUT2D eigenvalue weighted by molar-refractivity contribution is -0.144. The molecule has 31 heavy (non-hydrogen) atoms. The predicted octanol–water partition coefficient (Wildman–Crippen LogP) is 2.12. The van der Waals surface area contributed by atoms with Crippen molar-refractivity contribution in [3.05, 3.63) is 29.8 Å². The third-order valence-electron chi connectivity index (χ3n) is 6.23. The molecule has 0 aromatic heterocycles. The standard InChI is InChI=1S/C23H30N2O6/c26-21(24-16-23(8-2-1-3-9-23)25-10-12-28-13-11-25)15-29-22(27)7-5-18-4-6-19-20(14-18)31-17-30-19/h4-7,14H,1-3,8-13,15-17H2,(H,24,26)/b7-5+. The molecule has 2 fully saturated rings. The molecule has 1 aromatic rings. The van der Waals surface area contributed by atoms with Crippen LogP contribution in [-0.2, 0) is 19.1 Å². The molecule has 0 unspecified atom stereocenters. The van der Waals surface area contributed by atoms with Crippen LogP contribution in [0, 0.1) is 0 Å². The third-order valence-corrected chi connectivity index (χ3v) is 6.23. The molecule has 8 nitrogen and oxygen atoms in total. The molecule has 0 bridgehead atoms. The molecule has 168 valence electrons. The van der Waals surface area contributed by atoms with Crippen molar-refractivity contribution in [3.63, 3.8) is 0 Å². The lowest BCUT2D eigenvalue weighted by atomic mass is 9.79. The Hall–Kier alpha value is -2.58. The van der Waals surface area contributed by atoms with Crippen LogP contribution in [-0.4, -0.2) is 68.6 Å². The quantitative estimate of drug-likeness (QED) is 0.524. The van der Waals surface area contributed by atoms with Crippen molar-refractivity contribution in [1.82, 2.24) is 10.2 Å². The molecule has 1 saturated carbocycles. The first-order valence-electron chi connectivity index (χ1n) is 11.0. The molecule has 0 spiro atoms. The van der Waals surface area contributed by atoms with Crippen molar-refractivity contribution in [3.8, 4) is 11.5 Å². The minimum atomic E-state index is -0.562. The molecule has 2 aliphatic heterocycles. The number of ether oxygens (including phenoxy) is 4. The number of benzene rings is 1. The summed E-state index contributed by atoms with van der Waals surface area (Å²) in [4.78, 5) is 26.8. The number of nitrogens with zero attached hydrogens (tertiary/aromatic N) is 1. The Morgan fingerprint density at radius 1 is 1.10 bits per heavy atom. The van der Waals surface area contributed by atoms with Crippen LogP contribution in [0.5, 0.6) is 11.5 Å². The predicted molar refractivity (Wildman–Crippen MR) is 114 cm³/mol. The van der Waals surface area contributed by atoms with E-state index in [1.54, 1.807) is 18.2 Å². The summed E-state index contributed by atoms with van der Waals surface area (Å²) in [5, 5.41) is 2.99. The van der Waals surface area contributed by atoms with Crippen molar-refractivity contribution in [2.24, 2.45) is 0 Å². The van der Waals surface area contributed by atoms with Crippen molar-refractivity contribution < 1.29 is 28.5 Å². The molecule has 1 aromatic carbocycles. The number of morpholine rings is 1. The number of carbonyl (C=O) groups excluding carboxylic acids is 2. The summed E-state index contributed by atoms with van der Waals surface area (Å²) >= 11 is 0. The Bertz CT molecular complexity index is 812. The van der Waals surface area contributed by atoms with Gasteiger partial charge in [0.1, 0.15) is 0 Å². The zero-order valence-corrected chi connectivity index (χ0v) is 17.8. The van der Waals surface area contributed by atoms with Crippen LogP contribution in [0.3, 0.4) is 0 Å². The lowest BCUT2D eigenvalue weighted by Gasteiger charge is -2.48. The van der Waals surface area contributed by atoms with Crippen LogP contribution in [0.25, 0.3) is 6.08 Å². The molecule has 0 atom stereocenters. The second kappa shape index (κ2) is 10.2. The van der Waals surface area contributed by atoms with Gasteiger partial charge in [-0.3, -0.25) is 9.69 Å². The maximum atomic E-state index is 12.3. The van der Waals surface area contributed by atoms with Gasteiger partial charge in [-0.1, -0.05) is 25.3 Å². The monoisotopic (exact) mass is 430 g/mol. The number of amides is 1. The smallest absolute Gasteiger partial charge is 0.331 e. The Morgan fingerprint density at radius 3 is 2.68 bits per heavy atom. The summed E-state index contributed by atoms with van der Waals surface area (Å²) in [5.74, 6) is 0.493. The van der Waals surface area contributed by atoms with E-state index in [4.69, 9.17) is 18.9 Å². The van der Waals surface area contributed by atoms with Gasteiger partial charge < -0.3 is 24.3 Å². The molecule has 4 rings (SSSR count). The van der Waals surface area contributed by atoms with Crippen molar-refractivity contribution >= 4 is 18.0 Å². The Kier molecular flexibility index (Phi) is 7.09. The van der Waals surface area contributed by atoms with Gasteiger partial charge in [-0.25, -0.2) is 4.79 Å². The number of esters is 1. The van der Waals surface area contributed by atoms with E-state index in [0.29, 0.717) is 18.0 Å². The van der Waals surface area contributed by atoms with E-state index >= 15 is 0 Å². The Balaban J connectivity index is 1.24. The number of hydrogen-bond donors (Lipinski definition) is 1. The zero-order chi connectivity index (χ0) is 21.5. The highest BCUT2D eigenvalue weighted by Crippen LogP contribution is 2.34. The SMILES string of the molecule is O=C(COC(=O)/C=C/c1ccc2c(c1)OCO2)NCC1(N2CCOCC2)CCCCC1. The average Bonchev–Trinajstić information content (AvgIpc) is 3.29. The minimum Gasteiger partial charge on any atom is -0.454 e. The molecule has 0 radical (unpaired) electrons. The van der Waals surface area contributed by atoms with E-state index in [9.17, 15) is 9.59 Å². The van der Waals surface area contributed by atoms with Crippen LogP contribution >= 0.6 is 0 Å². The van der Waals surface area contributed by atoms with Crippen LogP contribution in [0.1, 0.15) is 37.7 Å². The fraction of sp³-hybridized carbons (Fsp3) is 0.565. The molecule has 8 heteroatoms. The summed E-state index contributed by atoms with van der Waals surface area (Å²) in [6.45, 7) is 3.77.